The van der Waals surface area contributed by atoms with E-state index in [-0.39, 0.29) is 0 Å². The summed E-state index contributed by atoms with van der Waals surface area (Å²) in [4.78, 5) is 0. The monoisotopic (exact) mass is 497 g/mol. The summed E-state index contributed by atoms with van der Waals surface area (Å²) in [6.45, 7) is 4.15. The number of rotatable bonds is 3. The number of nitrogens with zero attached hydrogens (tertiary/aromatic N) is 2. The average molecular weight is 498 g/mol. The Morgan fingerprint density at radius 3 is 1.21 bits per heavy atom. The first-order chi connectivity index (χ1) is 19.3. The van der Waals surface area contributed by atoms with Crippen molar-refractivity contribution in [3.63, 3.8) is 0 Å². The van der Waals surface area contributed by atoms with Crippen LogP contribution in [0.25, 0.3) is 66.1 Å². The zero-order valence-corrected chi connectivity index (χ0v) is 21.4. The van der Waals surface area contributed by atoms with E-state index in [0.29, 0.717) is 0 Å². The van der Waals surface area contributed by atoms with Gasteiger partial charge in [0, 0.05) is 32.9 Å². The maximum Gasteiger partial charge on any atom is 0.0541 e. The fourth-order valence-electron chi connectivity index (χ4n) is 6.10. The molecule has 8 rings (SSSR count). The van der Waals surface area contributed by atoms with Crippen molar-refractivity contribution in [1.82, 2.24) is 9.13 Å². The van der Waals surface area contributed by atoms with Crippen molar-refractivity contribution in [3.8, 4) is 22.5 Å². The fraction of sp³-hybridized carbons (Fsp3) is 0. The molecule has 1 radical (unpaired) electrons. The molecule has 8 aromatic rings. The Balaban J connectivity index is 1.20. The summed E-state index contributed by atoms with van der Waals surface area (Å²) < 4.78 is 4.70. The summed E-state index contributed by atoms with van der Waals surface area (Å²) in [6, 6.07) is 50.1. The average Bonchev–Trinajstić information content (AvgIpc) is 3.50. The first-order valence-corrected chi connectivity index (χ1v) is 13.3. The van der Waals surface area contributed by atoms with Crippen LogP contribution in [-0.4, -0.2) is 9.13 Å². The van der Waals surface area contributed by atoms with Gasteiger partial charge in [0.05, 0.1) is 22.1 Å². The minimum atomic E-state index is 1.03. The maximum atomic E-state index is 4.15. The largest absolute Gasteiger partial charge is 0.309 e. The molecule has 0 bridgehead atoms. The van der Waals surface area contributed by atoms with Crippen LogP contribution in [0, 0.1) is 6.92 Å². The summed E-state index contributed by atoms with van der Waals surface area (Å²) in [5.41, 5.74) is 10.6. The van der Waals surface area contributed by atoms with E-state index in [1.165, 1.54) is 60.4 Å². The van der Waals surface area contributed by atoms with Crippen molar-refractivity contribution < 1.29 is 0 Å². The van der Waals surface area contributed by atoms with Crippen molar-refractivity contribution in [2.45, 2.75) is 0 Å². The lowest BCUT2D eigenvalue weighted by atomic mass is 10.0. The molecular weight excluding hydrogens is 472 g/mol. The molecule has 0 fully saturated rings. The van der Waals surface area contributed by atoms with Crippen LogP contribution in [0.5, 0.6) is 0 Å². The van der Waals surface area contributed by atoms with Crippen molar-refractivity contribution in [1.29, 1.82) is 0 Å². The third-order valence-electron chi connectivity index (χ3n) is 7.90. The molecule has 2 nitrogen and oxygen atoms in total. The second-order valence-electron chi connectivity index (χ2n) is 10.2. The summed E-state index contributed by atoms with van der Waals surface area (Å²) in [5, 5.41) is 5.05. The molecule has 0 saturated heterocycles. The number of benzene rings is 6. The summed E-state index contributed by atoms with van der Waals surface area (Å²) >= 11 is 0. The standard InChI is InChI=1S/C37H25N2/c1-25-14-23-37-33(24-25)32-10-4-7-13-36(32)39(37)29-21-17-27(18-22-29)26-15-19-28(20-16-26)38-34-11-5-2-8-30(34)31-9-3-6-12-35(31)38/h2-24H,1H2. The van der Waals surface area contributed by atoms with E-state index in [1.807, 2.05) is 0 Å². The lowest BCUT2D eigenvalue weighted by Gasteiger charge is -2.11. The number of fused-ring (bicyclic) bond motifs is 6. The van der Waals surface area contributed by atoms with Gasteiger partial charge in [-0.1, -0.05) is 84.9 Å². The van der Waals surface area contributed by atoms with E-state index in [2.05, 4.69) is 156 Å². The van der Waals surface area contributed by atoms with E-state index < -0.39 is 0 Å². The number of hydrogen-bond acceptors (Lipinski definition) is 0. The highest BCUT2D eigenvalue weighted by Crippen LogP contribution is 2.35. The van der Waals surface area contributed by atoms with Gasteiger partial charge in [-0.3, -0.25) is 0 Å². The van der Waals surface area contributed by atoms with Crippen molar-refractivity contribution in [2.24, 2.45) is 0 Å². The number of para-hydroxylation sites is 3. The van der Waals surface area contributed by atoms with E-state index >= 15 is 0 Å². The van der Waals surface area contributed by atoms with E-state index in [9.17, 15) is 0 Å². The molecule has 2 aromatic heterocycles. The smallest absolute Gasteiger partial charge is 0.0541 e. The van der Waals surface area contributed by atoms with Gasteiger partial charge in [0.25, 0.3) is 0 Å². The van der Waals surface area contributed by atoms with Crippen LogP contribution in [0.1, 0.15) is 5.56 Å². The number of hydrogen-bond donors (Lipinski definition) is 0. The third kappa shape index (κ3) is 3.35. The van der Waals surface area contributed by atoms with Crippen LogP contribution in [0.2, 0.25) is 0 Å². The van der Waals surface area contributed by atoms with Gasteiger partial charge >= 0.3 is 0 Å². The second kappa shape index (κ2) is 8.47. The normalized spacial score (nSPS) is 11.7. The van der Waals surface area contributed by atoms with Crippen molar-refractivity contribution in [3.05, 3.63) is 152 Å². The van der Waals surface area contributed by atoms with E-state index in [0.717, 1.165) is 11.3 Å². The minimum absolute atomic E-state index is 1.03. The van der Waals surface area contributed by atoms with Crippen LogP contribution in [0.4, 0.5) is 0 Å². The van der Waals surface area contributed by atoms with Crippen molar-refractivity contribution >= 4 is 43.6 Å². The molecule has 2 heteroatoms. The number of aromatic nitrogens is 2. The molecule has 0 aliphatic heterocycles. The van der Waals surface area contributed by atoms with Crippen LogP contribution in [-0.2, 0) is 0 Å². The Morgan fingerprint density at radius 2 is 0.744 bits per heavy atom. The van der Waals surface area contributed by atoms with Gasteiger partial charge in [0.2, 0.25) is 0 Å². The molecule has 0 spiro atoms. The molecule has 0 atom stereocenters. The summed E-state index contributed by atoms with van der Waals surface area (Å²) in [6.07, 6.45) is 0. The zero-order chi connectivity index (χ0) is 25.9. The van der Waals surface area contributed by atoms with E-state index in [1.54, 1.807) is 0 Å². The summed E-state index contributed by atoms with van der Waals surface area (Å²) in [5.74, 6) is 0. The van der Waals surface area contributed by atoms with Crippen LogP contribution in [0.3, 0.4) is 0 Å². The predicted octanol–water partition coefficient (Wildman–Crippen LogP) is 9.73. The SMILES string of the molecule is [CH2]c1ccc2c(c1)c1ccccc1n2-c1ccc(-c2ccc(-n3c4ccccc4c4ccccc43)cc2)cc1. The molecule has 0 N–H and O–H groups in total. The molecule has 183 valence electrons. The van der Waals surface area contributed by atoms with Gasteiger partial charge in [-0.2, -0.15) is 0 Å². The van der Waals surface area contributed by atoms with Gasteiger partial charge in [0.1, 0.15) is 0 Å². The Morgan fingerprint density at radius 1 is 0.359 bits per heavy atom. The second-order valence-corrected chi connectivity index (χ2v) is 10.2. The fourth-order valence-corrected chi connectivity index (χ4v) is 6.10. The molecule has 0 amide bonds. The van der Waals surface area contributed by atoms with Gasteiger partial charge in [-0.25, -0.2) is 0 Å². The highest BCUT2D eigenvalue weighted by Gasteiger charge is 2.13. The quantitative estimate of drug-likeness (QED) is 0.230. The predicted molar refractivity (Wildman–Crippen MR) is 165 cm³/mol. The van der Waals surface area contributed by atoms with Crippen LogP contribution >= 0.6 is 0 Å². The van der Waals surface area contributed by atoms with Gasteiger partial charge < -0.3 is 9.13 Å². The lowest BCUT2D eigenvalue weighted by molar-refractivity contribution is 1.18. The Labute approximate surface area is 227 Å². The Hall–Kier alpha value is -5.08. The van der Waals surface area contributed by atoms with E-state index in [4.69, 9.17) is 0 Å². The summed E-state index contributed by atoms with van der Waals surface area (Å²) in [7, 11) is 0. The molecule has 0 aliphatic rings. The molecule has 39 heavy (non-hydrogen) atoms. The molecule has 0 saturated carbocycles. The highest BCUT2D eigenvalue weighted by atomic mass is 15.0. The maximum absolute atomic E-state index is 4.15. The molecule has 0 unspecified atom stereocenters. The molecule has 2 heterocycles. The lowest BCUT2D eigenvalue weighted by Crippen LogP contribution is -1.94. The minimum Gasteiger partial charge on any atom is -0.309 e. The topological polar surface area (TPSA) is 9.86 Å². The first-order valence-electron chi connectivity index (χ1n) is 13.3. The van der Waals surface area contributed by atoms with Crippen molar-refractivity contribution in [2.75, 3.05) is 0 Å². The van der Waals surface area contributed by atoms with Gasteiger partial charge in [-0.05, 0) is 78.2 Å². The Bertz CT molecular complexity index is 2100. The van der Waals surface area contributed by atoms with Crippen LogP contribution < -0.4 is 0 Å². The Kier molecular flexibility index (Phi) is 4.77. The van der Waals surface area contributed by atoms with Crippen LogP contribution in [0.15, 0.2) is 140 Å². The molecular formula is C37H25N2. The van der Waals surface area contributed by atoms with Gasteiger partial charge in [-0.15, -0.1) is 0 Å². The third-order valence-corrected chi connectivity index (χ3v) is 7.90. The molecule has 0 aliphatic carbocycles. The molecule has 6 aromatic carbocycles. The van der Waals surface area contributed by atoms with Gasteiger partial charge in [0.15, 0.2) is 0 Å². The zero-order valence-electron chi connectivity index (χ0n) is 21.4. The first kappa shape index (κ1) is 22.0. The highest BCUT2D eigenvalue weighted by molar-refractivity contribution is 6.10.